The number of aliphatic hydroxyl groups is 1. The van der Waals surface area contributed by atoms with Crippen LogP contribution in [0.2, 0.25) is 0 Å². The van der Waals surface area contributed by atoms with Crippen LogP contribution in [0.4, 0.5) is 14.5 Å². The second-order valence-electron chi connectivity index (χ2n) is 6.51. The van der Waals surface area contributed by atoms with Crippen LogP contribution in [-0.4, -0.2) is 36.2 Å². The van der Waals surface area contributed by atoms with Crippen LogP contribution in [0, 0.1) is 0 Å². The number of carbonyl (C=O) groups is 1. The Bertz CT molecular complexity index is 734. The molecule has 0 unspecified atom stereocenters. The third-order valence-electron chi connectivity index (χ3n) is 4.40. The molecule has 2 aromatic rings. The summed E-state index contributed by atoms with van der Waals surface area (Å²) in [5, 5.41) is 10.0. The van der Waals surface area contributed by atoms with E-state index >= 15 is 0 Å². The fraction of sp³-hybridized carbons (Fsp3) is 0.350. The minimum Gasteiger partial charge on any atom is -0.459 e. The highest BCUT2D eigenvalue weighted by Gasteiger charge is 2.38. The first kappa shape index (κ1) is 18.3. The van der Waals surface area contributed by atoms with E-state index in [4.69, 9.17) is 4.74 Å². The summed E-state index contributed by atoms with van der Waals surface area (Å²) in [4.78, 5) is 13.5. The van der Waals surface area contributed by atoms with Crippen molar-refractivity contribution in [2.45, 2.75) is 31.5 Å². The van der Waals surface area contributed by atoms with Gasteiger partial charge in [-0.1, -0.05) is 42.5 Å². The van der Waals surface area contributed by atoms with Crippen molar-refractivity contribution < 1.29 is 23.4 Å². The van der Waals surface area contributed by atoms with Crippen molar-refractivity contribution in [3.63, 3.8) is 0 Å². The predicted octanol–water partition coefficient (Wildman–Crippen LogP) is 3.18. The minimum atomic E-state index is -2.64. The Labute approximate surface area is 151 Å². The topological polar surface area (TPSA) is 49.8 Å². The molecule has 1 saturated heterocycles. The largest absolute Gasteiger partial charge is 0.459 e. The molecule has 0 amide bonds. The average molecular weight is 361 g/mol. The molecular weight excluding hydrogens is 340 g/mol. The highest BCUT2D eigenvalue weighted by Crippen LogP contribution is 2.30. The maximum atomic E-state index is 13.3. The van der Waals surface area contributed by atoms with E-state index in [1.807, 2.05) is 30.3 Å². The number of hydrogen-bond acceptors (Lipinski definition) is 4. The summed E-state index contributed by atoms with van der Waals surface area (Å²) in [6, 6.07) is 16.2. The number of benzene rings is 2. The maximum absolute atomic E-state index is 13.3. The molecule has 1 aliphatic rings. The monoisotopic (exact) mass is 361 g/mol. The second-order valence-corrected chi connectivity index (χ2v) is 6.51. The summed E-state index contributed by atoms with van der Waals surface area (Å²) in [5.41, 5.74) is 2.30. The Hall–Kier alpha value is -2.47. The molecule has 0 bridgehead atoms. The number of anilines is 1. The molecule has 0 radical (unpaired) electrons. The van der Waals surface area contributed by atoms with Gasteiger partial charge >= 0.3 is 5.97 Å². The van der Waals surface area contributed by atoms with E-state index in [1.165, 1.54) is 0 Å². The molecule has 0 aromatic heterocycles. The number of nitrogens with zero attached hydrogens (tertiary/aromatic N) is 1. The van der Waals surface area contributed by atoms with Crippen molar-refractivity contribution in [1.29, 1.82) is 0 Å². The first-order valence-corrected chi connectivity index (χ1v) is 8.53. The average Bonchev–Trinajstić information content (AvgIpc) is 3.01. The molecule has 1 N–H and O–H groups in total. The van der Waals surface area contributed by atoms with Gasteiger partial charge in [-0.05, 0) is 23.3 Å². The molecule has 0 spiro atoms. The Morgan fingerprint density at radius 3 is 2.42 bits per heavy atom. The summed E-state index contributed by atoms with van der Waals surface area (Å²) in [6.07, 6.45) is -1.29. The van der Waals surface area contributed by atoms with E-state index < -0.39 is 18.0 Å². The fourth-order valence-corrected chi connectivity index (χ4v) is 2.93. The SMILES string of the molecule is O=C(OCc1ccccc1)[C@H](O)Cc1ccc(N2CCC(F)(F)C2)cc1. The van der Waals surface area contributed by atoms with Gasteiger partial charge in [-0.15, -0.1) is 0 Å². The minimum absolute atomic E-state index is 0.110. The molecule has 1 atom stereocenters. The van der Waals surface area contributed by atoms with Gasteiger partial charge in [0.05, 0.1) is 6.54 Å². The first-order chi connectivity index (χ1) is 12.4. The summed E-state index contributed by atoms with van der Waals surface area (Å²) < 4.78 is 31.7. The smallest absolute Gasteiger partial charge is 0.335 e. The van der Waals surface area contributed by atoms with Crippen LogP contribution in [0.25, 0.3) is 0 Å². The van der Waals surface area contributed by atoms with E-state index in [-0.39, 0.29) is 26.0 Å². The van der Waals surface area contributed by atoms with Crippen LogP contribution in [0.5, 0.6) is 0 Å². The molecule has 0 saturated carbocycles. The highest BCUT2D eigenvalue weighted by atomic mass is 19.3. The number of hydrogen-bond donors (Lipinski definition) is 1. The molecule has 6 heteroatoms. The maximum Gasteiger partial charge on any atom is 0.335 e. The Balaban J connectivity index is 1.51. The van der Waals surface area contributed by atoms with Crippen molar-refractivity contribution >= 4 is 11.7 Å². The lowest BCUT2D eigenvalue weighted by Gasteiger charge is -2.18. The third-order valence-corrected chi connectivity index (χ3v) is 4.40. The van der Waals surface area contributed by atoms with Gasteiger partial charge in [0.2, 0.25) is 0 Å². The van der Waals surface area contributed by atoms with Gasteiger partial charge in [0, 0.05) is 25.1 Å². The lowest BCUT2D eigenvalue weighted by molar-refractivity contribution is -0.154. The summed E-state index contributed by atoms with van der Waals surface area (Å²) in [6.45, 7) is 0.153. The standard InChI is InChI=1S/C20H21F2NO3/c21-20(22)10-11-23(14-20)17-8-6-15(7-9-17)12-18(24)19(25)26-13-16-4-2-1-3-5-16/h1-9,18,24H,10-14H2/t18-/m1/s1. The van der Waals surface area contributed by atoms with E-state index in [9.17, 15) is 18.7 Å². The molecule has 1 aliphatic heterocycles. The first-order valence-electron chi connectivity index (χ1n) is 8.53. The molecule has 3 rings (SSSR count). The van der Waals surface area contributed by atoms with Gasteiger partial charge in [-0.3, -0.25) is 0 Å². The Morgan fingerprint density at radius 2 is 1.81 bits per heavy atom. The van der Waals surface area contributed by atoms with Crippen molar-refractivity contribution in [3.05, 3.63) is 65.7 Å². The molecule has 2 aromatic carbocycles. The zero-order chi connectivity index (χ0) is 18.6. The highest BCUT2D eigenvalue weighted by molar-refractivity contribution is 5.74. The second kappa shape index (κ2) is 7.83. The Kier molecular flexibility index (Phi) is 5.52. The van der Waals surface area contributed by atoms with E-state index in [2.05, 4.69) is 0 Å². The number of alkyl halides is 2. The van der Waals surface area contributed by atoms with E-state index in [0.29, 0.717) is 12.2 Å². The number of rotatable bonds is 6. The number of ether oxygens (including phenoxy) is 1. The lowest BCUT2D eigenvalue weighted by Crippen LogP contribution is -2.26. The van der Waals surface area contributed by atoms with Gasteiger partial charge < -0.3 is 14.7 Å². The molecular formula is C20H21F2NO3. The molecule has 1 fully saturated rings. The number of aliphatic hydroxyl groups excluding tert-OH is 1. The van der Waals surface area contributed by atoms with Crippen molar-refractivity contribution in [2.24, 2.45) is 0 Å². The van der Waals surface area contributed by atoms with Gasteiger partial charge in [-0.25, -0.2) is 13.6 Å². The van der Waals surface area contributed by atoms with Gasteiger partial charge in [0.25, 0.3) is 5.92 Å². The van der Waals surface area contributed by atoms with E-state index in [0.717, 1.165) is 11.1 Å². The number of esters is 1. The lowest BCUT2D eigenvalue weighted by atomic mass is 10.1. The Morgan fingerprint density at radius 1 is 1.12 bits per heavy atom. The number of carbonyl (C=O) groups excluding carboxylic acids is 1. The van der Waals surface area contributed by atoms with Crippen LogP contribution in [0.1, 0.15) is 17.5 Å². The zero-order valence-electron chi connectivity index (χ0n) is 14.3. The van der Waals surface area contributed by atoms with Crippen molar-refractivity contribution in [2.75, 3.05) is 18.0 Å². The van der Waals surface area contributed by atoms with Crippen LogP contribution >= 0.6 is 0 Å². The molecule has 138 valence electrons. The molecule has 26 heavy (non-hydrogen) atoms. The molecule has 0 aliphatic carbocycles. The summed E-state index contributed by atoms with van der Waals surface area (Å²) in [7, 11) is 0. The zero-order valence-corrected chi connectivity index (χ0v) is 14.3. The number of halogens is 2. The van der Waals surface area contributed by atoms with Crippen LogP contribution in [0.15, 0.2) is 54.6 Å². The van der Waals surface area contributed by atoms with Crippen molar-refractivity contribution in [1.82, 2.24) is 0 Å². The van der Waals surface area contributed by atoms with Crippen molar-refractivity contribution in [3.8, 4) is 0 Å². The summed E-state index contributed by atoms with van der Waals surface area (Å²) >= 11 is 0. The van der Waals surface area contributed by atoms with Crippen LogP contribution in [-0.2, 0) is 22.6 Å². The third kappa shape index (κ3) is 4.79. The van der Waals surface area contributed by atoms with Crippen LogP contribution in [0.3, 0.4) is 0 Å². The normalized spacial score (nSPS) is 17.1. The fourth-order valence-electron chi connectivity index (χ4n) is 2.93. The predicted molar refractivity (Wildman–Crippen MR) is 94.2 cm³/mol. The van der Waals surface area contributed by atoms with E-state index in [1.54, 1.807) is 29.2 Å². The summed E-state index contributed by atoms with van der Waals surface area (Å²) in [5.74, 6) is -3.32. The van der Waals surface area contributed by atoms with Gasteiger partial charge in [0.15, 0.2) is 6.10 Å². The molecule has 1 heterocycles. The molecule has 4 nitrogen and oxygen atoms in total. The quantitative estimate of drug-likeness (QED) is 0.803. The van der Waals surface area contributed by atoms with Gasteiger partial charge in [-0.2, -0.15) is 0 Å². The van der Waals surface area contributed by atoms with Gasteiger partial charge in [0.1, 0.15) is 6.61 Å². The van der Waals surface area contributed by atoms with Crippen LogP contribution < -0.4 is 4.90 Å².